The first-order valence-electron chi connectivity index (χ1n) is 2.44. The molecule has 0 aliphatic heterocycles. The van der Waals surface area contributed by atoms with Crippen molar-refractivity contribution < 1.29 is 4.84 Å². The minimum atomic E-state index is 0.694. The predicted octanol–water partition coefficient (Wildman–Crippen LogP) is 1.03. The van der Waals surface area contributed by atoms with E-state index in [4.69, 9.17) is 0 Å². The average Bonchev–Trinajstić information content (AvgIpc) is 2.22. The van der Waals surface area contributed by atoms with E-state index < -0.39 is 0 Å². The van der Waals surface area contributed by atoms with E-state index in [1.54, 1.807) is 7.11 Å². The van der Waals surface area contributed by atoms with Crippen LogP contribution in [0.4, 0.5) is 0 Å². The van der Waals surface area contributed by atoms with Gasteiger partial charge in [-0.3, -0.25) is 0 Å². The van der Waals surface area contributed by atoms with Crippen LogP contribution in [0.2, 0.25) is 0 Å². The van der Waals surface area contributed by atoms with Crippen molar-refractivity contribution in [1.82, 2.24) is 0 Å². The largest absolute Gasteiger partial charge is 0.399 e. The van der Waals surface area contributed by atoms with Crippen LogP contribution in [0.3, 0.4) is 0 Å². The summed E-state index contributed by atoms with van der Waals surface area (Å²) >= 11 is 0. The Morgan fingerprint density at radius 2 is 2.43 bits per heavy atom. The SMILES string of the molecule is CO/N=C1/CC1C. The van der Waals surface area contributed by atoms with Gasteiger partial charge in [0.25, 0.3) is 0 Å². The van der Waals surface area contributed by atoms with E-state index in [1.807, 2.05) is 0 Å². The molecule has 1 fully saturated rings. The van der Waals surface area contributed by atoms with Gasteiger partial charge < -0.3 is 4.84 Å². The van der Waals surface area contributed by atoms with Crippen LogP contribution >= 0.6 is 0 Å². The van der Waals surface area contributed by atoms with Crippen LogP contribution in [0, 0.1) is 5.92 Å². The van der Waals surface area contributed by atoms with E-state index in [0.717, 1.165) is 6.42 Å². The van der Waals surface area contributed by atoms with Crippen LogP contribution in [-0.2, 0) is 4.84 Å². The van der Waals surface area contributed by atoms with Gasteiger partial charge in [0.2, 0.25) is 0 Å². The molecule has 1 aliphatic carbocycles. The zero-order chi connectivity index (χ0) is 5.28. The summed E-state index contributed by atoms with van der Waals surface area (Å²) in [6, 6.07) is 0. The first kappa shape index (κ1) is 4.62. The smallest absolute Gasteiger partial charge is 0.106 e. The number of rotatable bonds is 1. The molecule has 0 aromatic carbocycles. The third-order valence-corrected chi connectivity index (χ3v) is 1.13. The van der Waals surface area contributed by atoms with Crippen LogP contribution in [0.1, 0.15) is 13.3 Å². The Morgan fingerprint density at radius 1 is 1.86 bits per heavy atom. The molecule has 2 nitrogen and oxygen atoms in total. The second-order valence-corrected chi connectivity index (χ2v) is 1.87. The zero-order valence-electron chi connectivity index (χ0n) is 4.64. The van der Waals surface area contributed by atoms with Crippen molar-refractivity contribution in [3.05, 3.63) is 0 Å². The molecule has 0 amide bonds. The summed E-state index contributed by atoms with van der Waals surface area (Å²) in [5, 5.41) is 3.73. The van der Waals surface area contributed by atoms with Crippen molar-refractivity contribution in [2.24, 2.45) is 11.1 Å². The maximum Gasteiger partial charge on any atom is 0.106 e. The lowest BCUT2D eigenvalue weighted by molar-refractivity contribution is 0.214. The lowest BCUT2D eigenvalue weighted by Crippen LogP contribution is -1.71. The summed E-state index contributed by atoms with van der Waals surface area (Å²) in [4.78, 5) is 4.52. The Hall–Kier alpha value is -0.530. The molecule has 0 spiro atoms. The maximum atomic E-state index is 4.52. The number of hydrogen-bond acceptors (Lipinski definition) is 2. The lowest BCUT2D eigenvalue weighted by atomic mass is 10.5. The second kappa shape index (κ2) is 1.52. The van der Waals surface area contributed by atoms with Gasteiger partial charge in [-0.05, 0) is 6.42 Å². The standard InChI is InChI=1S/C5H9NO/c1-4-3-5(4)6-7-2/h4H,3H2,1-2H3/b6-5-. The fourth-order valence-corrected chi connectivity index (χ4v) is 0.499. The normalized spacial score (nSPS) is 33.4. The summed E-state index contributed by atoms with van der Waals surface area (Å²) in [7, 11) is 1.58. The van der Waals surface area contributed by atoms with Crippen LogP contribution in [0.5, 0.6) is 0 Å². The van der Waals surface area contributed by atoms with Crippen molar-refractivity contribution in [2.45, 2.75) is 13.3 Å². The van der Waals surface area contributed by atoms with E-state index in [1.165, 1.54) is 5.71 Å². The van der Waals surface area contributed by atoms with Crippen LogP contribution in [-0.4, -0.2) is 12.8 Å². The van der Waals surface area contributed by atoms with E-state index in [-0.39, 0.29) is 0 Å². The monoisotopic (exact) mass is 99.1 g/mol. The number of hydrogen-bond donors (Lipinski definition) is 0. The van der Waals surface area contributed by atoms with Gasteiger partial charge in [0.05, 0.1) is 5.71 Å². The molecule has 7 heavy (non-hydrogen) atoms. The van der Waals surface area contributed by atoms with E-state index in [0.29, 0.717) is 5.92 Å². The van der Waals surface area contributed by atoms with E-state index >= 15 is 0 Å². The molecule has 0 N–H and O–H groups in total. The molecule has 0 radical (unpaired) electrons. The van der Waals surface area contributed by atoms with Gasteiger partial charge >= 0.3 is 0 Å². The maximum absolute atomic E-state index is 4.52. The summed E-state index contributed by atoms with van der Waals surface area (Å²) in [5.74, 6) is 0.694. The van der Waals surface area contributed by atoms with Crippen molar-refractivity contribution in [1.29, 1.82) is 0 Å². The third kappa shape index (κ3) is 0.918. The molecular formula is C5H9NO. The van der Waals surface area contributed by atoms with Crippen molar-refractivity contribution in [2.75, 3.05) is 7.11 Å². The van der Waals surface area contributed by atoms with Gasteiger partial charge in [-0.15, -0.1) is 0 Å². The molecular weight excluding hydrogens is 90.1 g/mol. The third-order valence-electron chi connectivity index (χ3n) is 1.13. The Balaban J connectivity index is 2.30. The fourth-order valence-electron chi connectivity index (χ4n) is 0.499. The van der Waals surface area contributed by atoms with Gasteiger partial charge in [-0.2, -0.15) is 0 Å². The van der Waals surface area contributed by atoms with Crippen molar-refractivity contribution in [3.63, 3.8) is 0 Å². The number of nitrogens with zero attached hydrogens (tertiary/aromatic N) is 1. The minimum Gasteiger partial charge on any atom is -0.399 e. The zero-order valence-corrected chi connectivity index (χ0v) is 4.64. The molecule has 0 heterocycles. The Labute approximate surface area is 43.2 Å². The minimum absolute atomic E-state index is 0.694. The second-order valence-electron chi connectivity index (χ2n) is 1.87. The number of oxime groups is 1. The highest BCUT2D eigenvalue weighted by molar-refractivity contribution is 6.00. The van der Waals surface area contributed by atoms with Crippen LogP contribution < -0.4 is 0 Å². The summed E-state index contributed by atoms with van der Waals surface area (Å²) in [6.45, 7) is 2.14. The molecule has 1 atom stereocenters. The lowest BCUT2D eigenvalue weighted by Gasteiger charge is -1.78. The summed E-state index contributed by atoms with van der Waals surface area (Å²) in [5.41, 5.74) is 1.20. The summed E-state index contributed by atoms with van der Waals surface area (Å²) in [6.07, 6.45) is 1.13. The Bertz CT molecular complexity index is 98.3. The molecule has 1 rings (SSSR count). The van der Waals surface area contributed by atoms with Crippen molar-refractivity contribution in [3.8, 4) is 0 Å². The van der Waals surface area contributed by atoms with Crippen LogP contribution in [0.25, 0.3) is 0 Å². The van der Waals surface area contributed by atoms with Crippen LogP contribution in [0.15, 0.2) is 5.16 Å². The molecule has 40 valence electrons. The fraction of sp³-hybridized carbons (Fsp3) is 0.800. The predicted molar refractivity (Wildman–Crippen MR) is 28.2 cm³/mol. The van der Waals surface area contributed by atoms with Gasteiger partial charge in [-0.1, -0.05) is 12.1 Å². The van der Waals surface area contributed by atoms with Gasteiger partial charge in [-0.25, -0.2) is 0 Å². The van der Waals surface area contributed by atoms with Gasteiger partial charge in [0.15, 0.2) is 0 Å². The summed E-state index contributed by atoms with van der Waals surface area (Å²) < 4.78 is 0. The molecule has 0 saturated heterocycles. The topological polar surface area (TPSA) is 21.6 Å². The Kier molecular flexibility index (Phi) is 1.01. The molecule has 0 aromatic rings. The Morgan fingerprint density at radius 3 is 2.57 bits per heavy atom. The molecule has 0 aromatic heterocycles. The van der Waals surface area contributed by atoms with Gasteiger partial charge in [0.1, 0.15) is 7.11 Å². The highest BCUT2D eigenvalue weighted by atomic mass is 16.6. The molecule has 1 saturated carbocycles. The first-order chi connectivity index (χ1) is 3.34. The quantitative estimate of drug-likeness (QED) is 0.450. The highest BCUT2D eigenvalue weighted by Gasteiger charge is 2.26. The van der Waals surface area contributed by atoms with E-state index in [9.17, 15) is 0 Å². The molecule has 1 unspecified atom stereocenters. The highest BCUT2D eigenvalue weighted by Crippen LogP contribution is 2.24. The molecule has 2 heteroatoms. The first-order valence-corrected chi connectivity index (χ1v) is 2.44. The van der Waals surface area contributed by atoms with E-state index in [2.05, 4.69) is 16.9 Å². The van der Waals surface area contributed by atoms with Crippen molar-refractivity contribution >= 4 is 5.71 Å². The van der Waals surface area contributed by atoms with Gasteiger partial charge in [0, 0.05) is 5.92 Å². The molecule has 1 aliphatic rings. The average molecular weight is 99.1 g/mol. The molecule has 0 bridgehead atoms.